The van der Waals surface area contributed by atoms with E-state index >= 15 is 0 Å². The molecule has 0 radical (unpaired) electrons. The van der Waals surface area contributed by atoms with E-state index in [-0.39, 0.29) is 0 Å². The molecular formula is C14H14BrN3. The lowest BCUT2D eigenvalue weighted by Crippen LogP contribution is -2.01. The summed E-state index contributed by atoms with van der Waals surface area (Å²) in [5, 5.41) is 12.3. The maximum absolute atomic E-state index is 8.98. The van der Waals surface area contributed by atoms with Gasteiger partial charge in [-0.2, -0.15) is 5.26 Å². The summed E-state index contributed by atoms with van der Waals surface area (Å²) in [5.74, 6) is 0. The minimum atomic E-state index is 0.695. The van der Waals surface area contributed by atoms with Crippen LogP contribution in [0.5, 0.6) is 0 Å². The number of benzene rings is 1. The number of hydrogen-bond donors (Lipinski definition) is 1. The molecule has 0 amide bonds. The Hall–Kier alpha value is -1.73. The molecular weight excluding hydrogens is 290 g/mol. The number of nitrogens with one attached hydrogen (secondary N) is 1. The fraction of sp³-hybridized carbons (Fsp3) is 0.214. The lowest BCUT2D eigenvalue weighted by Gasteiger charge is -2.06. The first-order valence-electron chi connectivity index (χ1n) is 5.66. The van der Waals surface area contributed by atoms with Crippen LogP contribution in [0.4, 0.5) is 5.69 Å². The molecule has 2 rings (SSSR count). The summed E-state index contributed by atoms with van der Waals surface area (Å²) in [6.07, 6.45) is 0. The Bertz CT molecular complexity index is 591. The zero-order valence-electron chi connectivity index (χ0n) is 10.4. The average molecular weight is 304 g/mol. The van der Waals surface area contributed by atoms with Crippen LogP contribution in [0.15, 0.2) is 34.8 Å². The number of aromatic nitrogens is 1. The summed E-state index contributed by atoms with van der Waals surface area (Å²) in [4.78, 5) is 0. The van der Waals surface area contributed by atoms with Gasteiger partial charge in [-0.3, -0.25) is 0 Å². The fourth-order valence-corrected chi connectivity index (χ4v) is 2.08. The summed E-state index contributed by atoms with van der Waals surface area (Å²) in [6.45, 7) is 2.75. The summed E-state index contributed by atoms with van der Waals surface area (Å²) >= 11 is 3.41. The van der Waals surface area contributed by atoms with Crippen molar-refractivity contribution in [2.24, 2.45) is 7.05 Å². The Labute approximate surface area is 115 Å². The van der Waals surface area contributed by atoms with E-state index in [0.717, 1.165) is 28.0 Å². The van der Waals surface area contributed by atoms with Crippen LogP contribution in [0.25, 0.3) is 0 Å². The number of anilines is 1. The smallest absolute Gasteiger partial charge is 0.120 e. The highest BCUT2D eigenvalue weighted by Crippen LogP contribution is 2.17. The van der Waals surface area contributed by atoms with Gasteiger partial charge in [-0.05, 0) is 42.8 Å². The standard InChI is InChI=1S/C14H14BrN3/c1-10-11(7-14(8-16)18(10)2)9-17-13-5-3-12(15)4-6-13/h3-7,17H,9H2,1-2H3. The largest absolute Gasteiger partial charge is 0.381 e. The molecule has 1 aromatic heterocycles. The summed E-state index contributed by atoms with van der Waals surface area (Å²) in [6, 6.07) is 12.2. The van der Waals surface area contributed by atoms with Crippen LogP contribution in [0, 0.1) is 18.3 Å². The van der Waals surface area contributed by atoms with Gasteiger partial charge >= 0.3 is 0 Å². The van der Waals surface area contributed by atoms with E-state index in [9.17, 15) is 0 Å². The van der Waals surface area contributed by atoms with Crippen LogP contribution >= 0.6 is 15.9 Å². The zero-order valence-corrected chi connectivity index (χ0v) is 12.0. The van der Waals surface area contributed by atoms with E-state index < -0.39 is 0 Å². The average Bonchev–Trinajstić information content (AvgIpc) is 2.65. The van der Waals surface area contributed by atoms with E-state index in [2.05, 4.69) is 27.3 Å². The summed E-state index contributed by atoms with van der Waals surface area (Å²) in [7, 11) is 1.91. The molecule has 1 N–H and O–H groups in total. The molecule has 0 saturated carbocycles. The number of hydrogen-bond acceptors (Lipinski definition) is 2. The second-order valence-electron chi connectivity index (χ2n) is 4.17. The van der Waals surface area contributed by atoms with Crippen molar-refractivity contribution in [3.8, 4) is 6.07 Å². The van der Waals surface area contributed by atoms with Gasteiger partial charge < -0.3 is 9.88 Å². The molecule has 0 spiro atoms. The van der Waals surface area contributed by atoms with Crippen molar-refractivity contribution >= 4 is 21.6 Å². The van der Waals surface area contributed by atoms with E-state index in [1.54, 1.807) is 0 Å². The lowest BCUT2D eigenvalue weighted by molar-refractivity contribution is 0.856. The number of halogens is 1. The molecule has 0 bridgehead atoms. The van der Waals surface area contributed by atoms with Gasteiger partial charge in [-0.1, -0.05) is 15.9 Å². The first-order valence-corrected chi connectivity index (χ1v) is 6.46. The van der Waals surface area contributed by atoms with Crippen LogP contribution < -0.4 is 5.32 Å². The molecule has 0 fully saturated rings. The van der Waals surface area contributed by atoms with Gasteiger partial charge in [0.15, 0.2) is 0 Å². The summed E-state index contributed by atoms with van der Waals surface area (Å²) < 4.78 is 2.98. The van der Waals surface area contributed by atoms with Gasteiger partial charge in [0.2, 0.25) is 0 Å². The second-order valence-corrected chi connectivity index (χ2v) is 5.09. The Morgan fingerprint density at radius 1 is 1.33 bits per heavy atom. The first kappa shape index (κ1) is 12.7. The van der Waals surface area contributed by atoms with Gasteiger partial charge in [0.05, 0.1) is 0 Å². The van der Waals surface area contributed by atoms with E-state index in [1.807, 2.05) is 48.9 Å². The van der Waals surface area contributed by atoms with Crippen LogP contribution in [-0.2, 0) is 13.6 Å². The van der Waals surface area contributed by atoms with E-state index in [4.69, 9.17) is 5.26 Å². The molecule has 0 unspecified atom stereocenters. The predicted octanol–water partition coefficient (Wildman–Crippen LogP) is 3.58. The molecule has 1 aromatic carbocycles. The highest BCUT2D eigenvalue weighted by Gasteiger charge is 2.07. The molecule has 1 heterocycles. The van der Waals surface area contributed by atoms with Crippen molar-refractivity contribution < 1.29 is 0 Å². The zero-order chi connectivity index (χ0) is 13.1. The fourth-order valence-electron chi connectivity index (χ4n) is 1.81. The van der Waals surface area contributed by atoms with Gasteiger partial charge in [-0.15, -0.1) is 0 Å². The van der Waals surface area contributed by atoms with Crippen molar-refractivity contribution in [1.29, 1.82) is 5.26 Å². The normalized spacial score (nSPS) is 10.1. The second kappa shape index (κ2) is 5.28. The lowest BCUT2D eigenvalue weighted by atomic mass is 10.2. The third-order valence-electron chi connectivity index (χ3n) is 3.08. The molecule has 4 heteroatoms. The van der Waals surface area contributed by atoms with Crippen LogP contribution in [0.1, 0.15) is 17.0 Å². The van der Waals surface area contributed by atoms with Gasteiger partial charge in [0.25, 0.3) is 0 Å². The third kappa shape index (κ3) is 2.57. The van der Waals surface area contributed by atoms with Crippen LogP contribution in [-0.4, -0.2) is 4.57 Å². The topological polar surface area (TPSA) is 40.8 Å². The Morgan fingerprint density at radius 3 is 2.56 bits per heavy atom. The summed E-state index contributed by atoms with van der Waals surface area (Å²) in [5.41, 5.74) is 4.04. The maximum Gasteiger partial charge on any atom is 0.120 e. The van der Waals surface area contributed by atoms with E-state index in [0.29, 0.717) is 5.69 Å². The molecule has 0 atom stereocenters. The molecule has 92 valence electrons. The molecule has 0 saturated heterocycles. The Balaban J connectivity index is 2.11. The molecule has 0 aliphatic carbocycles. The maximum atomic E-state index is 8.98. The number of rotatable bonds is 3. The highest BCUT2D eigenvalue weighted by atomic mass is 79.9. The molecule has 0 aliphatic rings. The first-order chi connectivity index (χ1) is 8.61. The quantitative estimate of drug-likeness (QED) is 0.941. The number of nitrogens with zero attached hydrogens (tertiary/aromatic N) is 2. The third-order valence-corrected chi connectivity index (χ3v) is 3.61. The molecule has 3 nitrogen and oxygen atoms in total. The van der Waals surface area contributed by atoms with Crippen molar-refractivity contribution in [3.05, 3.63) is 51.8 Å². The van der Waals surface area contributed by atoms with Crippen molar-refractivity contribution in [3.63, 3.8) is 0 Å². The van der Waals surface area contributed by atoms with Crippen molar-refractivity contribution in [2.75, 3.05) is 5.32 Å². The Kier molecular flexibility index (Phi) is 3.73. The van der Waals surface area contributed by atoms with Gasteiger partial charge in [-0.25, -0.2) is 0 Å². The predicted molar refractivity (Wildman–Crippen MR) is 76.3 cm³/mol. The molecule has 0 aliphatic heterocycles. The highest BCUT2D eigenvalue weighted by molar-refractivity contribution is 9.10. The van der Waals surface area contributed by atoms with Crippen LogP contribution in [0.3, 0.4) is 0 Å². The monoisotopic (exact) mass is 303 g/mol. The van der Waals surface area contributed by atoms with Gasteiger partial charge in [0, 0.05) is 29.4 Å². The number of nitriles is 1. The van der Waals surface area contributed by atoms with Gasteiger partial charge in [0.1, 0.15) is 11.8 Å². The Morgan fingerprint density at radius 2 is 2.00 bits per heavy atom. The molecule has 2 aromatic rings. The van der Waals surface area contributed by atoms with Crippen molar-refractivity contribution in [1.82, 2.24) is 4.57 Å². The minimum absolute atomic E-state index is 0.695. The molecule has 18 heavy (non-hydrogen) atoms. The van der Waals surface area contributed by atoms with Crippen LogP contribution in [0.2, 0.25) is 0 Å². The van der Waals surface area contributed by atoms with E-state index in [1.165, 1.54) is 0 Å². The minimum Gasteiger partial charge on any atom is -0.381 e. The van der Waals surface area contributed by atoms with Crippen molar-refractivity contribution in [2.45, 2.75) is 13.5 Å². The SMILES string of the molecule is Cc1c(CNc2ccc(Br)cc2)cc(C#N)n1C.